The van der Waals surface area contributed by atoms with E-state index in [1.807, 2.05) is 0 Å². The standard InChI is InChI=1S/C12H14N4O4/c1-12(2)11(19)15-9(17)6-16(12)8-5-13-4-7(14-8)10(18)20-3/h4-5H,6H2,1-3H3,(H,15,17,19). The molecule has 0 aromatic carbocycles. The number of aromatic nitrogens is 2. The van der Waals surface area contributed by atoms with Gasteiger partial charge in [0.15, 0.2) is 5.69 Å². The molecule has 1 aliphatic heterocycles. The molecular formula is C12H14N4O4. The highest BCUT2D eigenvalue weighted by molar-refractivity contribution is 6.06. The molecule has 0 bridgehead atoms. The quantitative estimate of drug-likeness (QED) is 0.575. The monoisotopic (exact) mass is 278 g/mol. The number of rotatable bonds is 2. The lowest BCUT2D eigenvalue weighted by Crippen LogP contribution is -2.64. The fraction of sp³-hybridized carbons (Fsp3) is 0.417. The van der Waals surface area contributed by atoms with Crippen molar-refractivity contribution >= 4 is 23.6 Å². The fourth-order valence-electron chi connectivity index (χ4n) is 1.84. The summed E-state index contributed by atoms with van der Waals surface area (Å²) in [6.07, 6.45) is 2.65. The largest absolute Gasteiger partial charge is 0.464 e. The Hall–Kier alpha value is -2.51. The second-order valence-electron chi connectivity index (χ2n) is 4.78. The number of nitrogens with zero attached hydrogens (tertiary/aromatic N) is 3. The molecule has 0 radical (unpaired) electrons. The van der Waals surface area contributed by atoms with Crippen LogP contribution in [-0.4, -0.2) is 46.9 Å². The molecule has 2 rings (SSSR count). The molecule has 8 heteroatoms. The molecule has 2 heterocycles. The Morgan fingerprint density at radius 2 is 2.10 bits per heavy atom. The maximum absolute atomic E-state index is 11.9. The van der Waals surface area contributed by atoms with Crippen LogP contribution >= 0.6 is 0 Å². The number of ether oxygens (including phenoxy) is 1. The Balaban J connectivity index is 2.41. The predicted molar refractivity (Wildman–Crippen MR) is 67.9 cm³/mol. The maximum Gasteiger partial charge on any atom is 0.358 e. The molecular weight excluding hydrogens is 264 g/mol. The topological polar surface area (TPSA) is 101 Å². The zero-order chi connectivity index (χ0) is 14.9. The highest BCUT2D eigenvalue weighted by Crippen LogP contribution is 2.24. The van der Waals surface area contributed by atoms with Gasteiger partial charge in [-0.15, -0.1) is 0 Å². The van der Waals surface area contributed by atoms with Crippen LogP contribution in [0, 0.1) is 0 Å². The number of nitrogens with one attached hydrogen (secondary N) is 1. The molecule has 8 nitrogen and oxygen atoms in total. The average molecular weight is 278 g/mol. The first-order valence-corrected chi connectivity index (χ1v) is 5.88. The molecule has 0 saturated carbocycles. The second-order valence-corrected chi connectivity index (χ2v) is 4.78. The summed E-state index contributed by atoms with van der Waals surface area (Å²) < 4.78 is 4.57. The van der Waals surface area contributed by atoms with Crippen molar-refractivity contribution in [3.05, 3.63) is 18.1 Å². The molecule has 0 unspecified atom stereocenters. The number of methoxy groups -OCH3 is 1. The number of hydrogen-bond acceptors (Lipinski definition) is 7. The fourth-order valence-corrected chi connectivity index (χ4v) is 1.84. The lowest BCUT2D eigenvalue weighted by atomic mass is 9.99. The first-order chi connectivity index (χ1) is 9.36. The van der Waals surface area contributed by atoms with Gasteiger partial charge in [-0.25, -0.2) is 9.78 Å². The van der Waals surface area contributed by atoms with Crippen molar-refractivity contribution < 1.29 is 19.1 Å². The minimum atomic E-state index is -0.975. The van der Waals surface area contributed by atoms with Crippen LogP contribution in [0.5, 0.6) is 0 Å². The van der Waals surface area contributed by atoms with E-state index < -0.39 is 23.3 Å². The summed E-state index contributed by atoms with van der Waals surface area (Å²) in [4.78, 5) is 44.3. The third-order valence-corrected chi connectivity index (χ3v) is 3.08. The van der Waals surface area contributed by atoms with Gasteiger partial charge in [0.2, 0.25) is 5.91 Å². The molecule has 1 aromatic heterocycles. The summed E-state index contributed by atoms with van der Waals surface area (Å²) in [5, 5.41) is 2.26. The number of piperazine rings is 1. The Labute approximate surface area is 115 Å². The Kier molecular flexibility index (Phi) is 3.39. The number of esters is 1. The highest BCUT2D eigenvalue weighted by atomic mass is 16.5. The summed E-state index contributed by atoms with van der Waals surface area (Å²) in [5.74, 6) is -1.23. The third kappa shape index (κ3) is 2.31. The minimum Gasteiger partial charge on any atom is -0.464 e. The maximum atomic E-state index is 11.9. The smallest absolute Gasteiger partial charge is 0.358 e. The first-order valence-electron chi connectivity index (χ1n) is 5.88. The Morgan fingerprint density at radius 3 is 2.75 bits per heavy atom. The van der Waals surface area contributed by atoms with Gasteiger partial charge in [0.1, 0.15) is 11.4 Å². The number of hydrogen-bond donors (Lipinski definition) is 1. The molecule has 0 atom stereocenters. The van der Waals surface area contributed by atoms with Crippen LogP contribution in [0.25, 0.3) is 0 Å². The number of amides is 2. The van der Waals surface area contributed by atoms with E-state index in [-0.39, 0.29) is 18.1 Å². The molecule has 1 aromatic rings. The van der Waals surface area contributed by atoms with Crippen LogP contribution in [0.4, 0.5) is 5.82 Å². The lowest BCUT2D eigenvalue weighted by Gasteiger charge is -2.40. The molecule has 1 saturated heterocycles. The van der Waals surface area contributed by atoms with Crippen molar-refractivity contribution in [2.75, 3.05) is 18.6 Å². The number of anilines is 1. The van der Waals surface area contributed by atoms with Crippen molar-refractivity contribution in [3.63, 3.8) is 0 Å². The zero-order valence-electron chi connectivity index (χ0n) is 11.3. The van der Waals surface area contributed by atoms with E-state index in [9.17, 15) is 14.4 Å². The average Bonchev–Trinajstić information content (AvgIpc) is 2.42. The van der Waals surface area contributed by atoms with Crippen molar-refractivity contribution in [2.45, 2.75) is 19.4 Å². The summed E-state index contributed by atoms with van der Waals surface area (Å²) in [7, 11) is 1.23. The third-order valence-electron chi connectivity index (χ3n) is 3.08. The van der Waals surface area contributed by atoms with E-state index in [1.54, 1.807) is 13.8 Å². The van der Waals surface area contributed by atoms with E-state index in [0.717, 1.165) is 0 Å². The molecule has 1 aliphatic rings. The van der Waals surface area contributed by atoms with Crippen molar-refractivity contribution in [3.8, 4) is 0 Å². The Bertz CT molecular complexity index is 585. The van der Waals surface area contributed by atoms with E-state index in [4.69, 9.17) is 0 Å². The van der Waals surface area contributed by atoms with Crippen LogP contribution in [-0.2, 0) is 14.3 Å². The van der Waals surface area contributed by atoms with E-state index in [1.165, 1.54) is 24.4 Å². The van der Waals surface area contributed by atoms with Crippen LogP contribution in [0.2, 0.25) is 0 Å². The van der Waals surface area contributed by atoms with Gasteiger partial charge >= 0.3 is 5.97 Å². The normalized spacial score (nSPS) is 17.6. The highest BCUT2D eigenvalue weighted by Gasteiger charge is 2.41. The van der Waals surface area contributed by atoms with Gasteiger partial charge < -0.3 is 9.64 Å². The summed E-state index contributed by atoms with van der Waals surface area (Å²) in [6.45, 7) is 3.26. The molecule has 0 spiro atoms. The van der Waals surface area contributed by atoms with E-state index in [0.29, 0.717) is 0 Å². The van der Waals surface area contributed by atoms with Crippen LogP contribution in [0.1, 0.15) is 24.3 Å². The molecule has 106 valence electrons. The molecule has 0 aliphatic carbocycles. The summed E-state index contributed by atoms with van der Waals surface area (Å²) >= 11 is 0. The molecule has 2 amide bonds. The van der Waals surface area contributed by atoms with Gasteiger partial charge in [0.25, 0.3) is 5.91 Å². The minimum absolute atomic E-state index is 0.0132. The SMILES string of the molecule is COC(=O)c1cncc(N2CC(=O)NC(=O)C2(C)C)n1. The summed E-state index contributed by atoms with van der Waals surface area (Å²) in [6, 6.07) is 0. The van der Waals surface area contributed by atoms with Gasteiger partial charge in [-0.05, 0) is 13.8 Å². The van der Waals surface area contributed by atoms with Crippen molar-refractivity contribution in [1.82, 2.24) is 15.3 Å². The number of imide groups is 1. The molecule has 1 fully saturated rings. The van der Waals surface area contributed by atoms with Crippen molar-refractivity contribution in [2.24, 2.45) is 0 Å². The van der Waals surface area contributed by atoms with Gasteiger partial charge in [-0.2, -0.15) is 0 Å². The van der Waals surface area contributed by atoms with E-state index >= 15 is 0 Å². The van der Waals surface area contributed by atoms with Crippen LogP contribution in [0.3, 0.4) is 0 Å². The van der Waals surface area contributed by atoms with Gasteiger partial charge in [-0.1, -0.05) is 0 Å². The zero-order valence-corrected chi connectivity index (χ0v) is 11.3. The number of carbonyl (C=O) groups is 3. The molecule has 1 N–H and O–H groups in total. The second kappa shape index (κ2) is 4.87. The summed E-state index contributed by atoms with van der Waals surface area (Å²) in [5.41, 5.74) is -0.962. The van der Waals surface area contributed by atoms with Gasteiger partial charge in [-0.3, -0.25) is 19.9 Å². The van der Waals surface area contributed by atoms with Crippen LogP contribution in [0.15, 0.2) is 12.4 Å². The number of carbonyl (C=O) groups excluding carboxylic acids is 3. The first kappa shape index (κ1) is 13.9. The predicted octanol–water partition coefficient (Wildman–Crippen LogP) is -0.495. The van der Waals surface area contributed by atoms with Crippen molar-refractivity contribution in [1.29, 1.82) is 0 Å². The van der Waals surface area contributed by atoms with Gasteiger partial charge in [0.05, 0.1) is 26.0 Å². The van der Waals surface area contributed by atoms with Gasteiger partial charge in [0, 0.05) is 0 Å². The molecule has 20 heavy (non-hydrogen) atoms. The van der Waals surface area contributed by atoms with Crippen LogP contribution < -0.4 is 10.2 Å². The lowest BCUT2D eigenvalue weighted by molar-refractivity contribution is -0.135. The Morgan fingerprint density at radius 1 is 1.40 bits per heavy atom. The van der Waals surface area contributed by atoms with E-state index in [2.05, 4.69) is 20.0 Å².